The summed E-state index contributed by atoms with van der Waals surface area (Å²) in [4.78, 5) is 7.37. The second-order valence-corrected chi connectivity index (χ2v) is 6.47. The number of hydrogen-bond acceptors (Lipinski definition) is 2. The van der Waals surface area contributed by atoms with E-state index in [0.717, 1.165) is 24.3 Å². The van der Waals surface area contributed by atoms with Gasteiger partial charge >= 0.3 is 29.9 Å². The van der Waals surface area contributed by atoms with E-state index in [4.69, 9.17) is 0 Å². The Morgan fingerprint density at radius 2 is 1.43 bits per heavy atom. The third-order valence-electron chi connectivity index (χ3n) is 4.42. The van der Waals surface area contributed by atoms with E-state index < -0.39 is 23.7 Å². The van der Waals surface area contributed by atoms with E-state index in [1.54, 1.807) is 37.4 Å². The Bertz CT molecular complexity index is 1190. The number of alkyl halides is 6. The van der Waals surface area contributed by atoms with E-state index >= 15 is 0 Å². The molecule has 0 saturated heterocycles. The molecule has 0 aliphatic carbocycles. The van der Waals surface area contributed by atoms with E-state index in [2.05, 4.69) is 16.0 Å². The number of rotatable bonds is 2. The van der Waals surface area contributed by atoms with Crippen LogP contribution in [0.5, 0.6) is 0 Å². The number of aromatic nitrogens is 2. The average molecular weight is 422 g/mol. The fourth-order valence-electron chi connectivity index (χ4n) is 3.06. The standard InChI is InChI=1S/C20H12F6N4/c1-29-11-30(14-9-7-13(8-10-14)19(21,22)23)17-16(29)15(12-5-3-2-4-6-12)27-18(28-17)20(24,25)26/h2-10H,1H3/q+2. The van der Waals surface area contributed by atoms with Gasteiger partial charge in [-0.05, 0) is 16.7 Å². The van der Waals surface area contributed by atoms with Crippen LogP contribution in [-0.4, -0.2) is 27.6 Å². The average Bonchev–Trinajstić information content (AvgIpc) is 3.03. The van der Waals surface area contributed by atoms with Crippen molar-refractivity contribution in [2.45, 2.75) is 12.4 Å². The van der Waals surface area contributed by atoms with Gasteiger partial charge in [0.05, 0.1) is 5.56 Å². The van der Waals surface area contributed by atoms with E-state index in [0.29, 0.717) is 5.56 Å². The summed E-state index contributed by atoms with van der Waals surface area (Å²) < 4.78 is 81.5. The number of halogens is 6. The van der Waals surface area contributed by atoms with Crippen LogP contribution < -0.4 is 4.58 Å². The summed E-state index contributed by atoms with van der Waals surface area (Å²) in [6, 6.07) is 15.0. The van der Waals surface area contributed by atoms with Crippen LogP contribution in [0, 0.1) is 0 Å². The van der Waals surface area contributed by atoms with Gasteiger partial charge in [-0.15, -0.1) is 0 Å². The molecular formula is C20H12F6N4+2. The minimum absolute atomic E-state index is 0.0392. The monoisotopic (exact) mass is 422 g/mol. The third kappa shape index (κ3) is 3.46. The van der Waals surface area contributed by atoms with Gasteiger partial charge in [0.25, 0.3) is 0 Å². The molecule has 0 radical (unpaired) electrons. The fourth-order valence-corrected chi connectivity index (χ4v) is 3.06. The summed E-state index contributed by atoms with van der Waals surface area (Å²) in [7, 11) is 1.55. The molecule has 0 amide bonds. The molecule has 0 saturated carbocycles. The lowest BCUT2D eigenvalue weighted by Gasteiger charge is -2.08. The maximum absolute atomic E-state index is 13.5. The molecule has 0 bridgehead atoms. The summed E-state index contributed by atoms with van der Waals surface area (Å²) >= 11 is 0. The highest BCUT2D eigenvalue weighted by molar-refractivity contribution is 5.82. The summed E-state index contributed by atoms with van der Waals surface area (Å²) in [5, 5.41) is 0. The van der Waals surface area contributed by atoms with Crippen LogP contribution in [0.25, 0.3) is 11.3 Å². The molecule has 2 aromatic carbocycles. The van der Waals surface area contributed by atoms with Crippen LogP contribution in [0.15, 0.2) is 54.6 Å². The number of benzene rings is 2. The van der Waals surface area contributed by atoms with Crippen molar-refractivity contribution < 1.29 is 30.9 Å². The van der Waals surface area contributed by atoms with Crippen molar-refractivity contribution in [3.63, 3.8) is 0 Å². The number of hydrogen-bond donors (Lipinski definition) is 0. The maximum Gasteiger partial charge on any atom is 0.497 e. The molecule has 4 rings (SSSR count). The van der Waals surface area contributed by atoms with Gasteiger partial charge in [-0.25, -0.2) is 4.98 Å². The first-order valence-corrected chi connectivity index (χ1v) is 8.58. The van der Waals surface area contributed by atoms with Crippen molar-refractivity contribution in [1.82, 2.24) is 14.5 Å². The molecule has 0 unspecified atom stereocenters. The highest BCUT2D eigenvalue weighted by atomic mass is 19.4. The Morgan fingerprint density at radius 1 is 0.800 bits per heavy atom. The van der Waals surface area contributed by atoms with Crippen LogP contribution in [0.2, 0.25) is 0 Å². The van der Waals surface area contributed by atoms with Crippen molar-refractivity contribution in [1.29, 1.82) is 0 Å². The van der Waals surface area contributed by atoms with Crippen LogP contribution in [0.4, 0.5) is 43.5 Å². The molecule has 30 heavy (non-hydrogen) atoms. The number of fused-ring (bicyclic) bond motifs is 1. The zero-order valence-electron chi connectivity index (χ0n) is 15.3. The molecule has 1 aliphatic heterocycles. The SMILES string of the molecule is C[N+]1=C=[N+](c2ccc(C(F)(F)F)cc2)c2nc(C(F)(F)F)nc(-c3ccccc3)c21. The molecule has 0 N–H and O–H groups in total. The molecular weight excluding hydrogens is 410 g/mol. The molecule has 2 heterocycles. The summed E-state index contributed by atoms with van der Waals surface area (Å²) in [5.74, 6) is -1.48. The zero-order valence-corrected chi connectivity index (χ0v) is 15.3. The minimum Gasteiger partial charge on any atom is -0.217 e. The highest BCUT2D eigenvalue weighted by Crippen LogP contribution is 2.41. The Hall–Kier alpha value is -3.52. The van der Waals surface area contributed by atoms with Crippen molar-refractivity contribution in [3.8, 4) is 11.3 Å². The van der Waals surface area contributed by atoms with E-state index in [1.807, 2.05) is 0 Å². The second kappa shape index (κ2) is 6.77. The first-order valence-electron chi connectivity index (χ1n) is 8.58. The first kappa shape index (κ1) is 19.8. The summed E-state index contributed by atoms with van der Waals surface area (Å²) in [6.45, 7) is 0. The first-order chi connectivity index (χ1) is 14.1. The van der Waals surface area contributed by atoms with Crippen molar-refractivity contribution in [3.05, 3.63) is 66.0 Å². The zero-order chi connectivity index (χ0) is 21.7. The smallest absolute Gasteiger partial charge is 0.217 e. The van der Waals surface area contributed by atoms with Crippen molar-refractivity contribution in [2.24, 2.45) is 0 Å². The summed E-state index contributed by atoms with van der Waals surface area (Å²) in [5.41, 5.74) is 0.0399. The minimum atomic E-state index is -4.81. The van der Waals surface area contributed by atoms with Crippen molar-refractivity contribution >= 4 is 23.2 Å². The molecule has 0 spiro atoms. The van der Waals surface area contributed by atoms with E-state index in [-0.39, 0.29) is 22.9 Å². The largest absolute Gasteiger partial charge is 0.497 e. The van der Waals surface area contributed by atoms with E-state index in [9.17, 15) is 26.3 Å². The van der Waals surface area contributed by atoms with Gasteiger partial charge in [-0.1, -0.05) is 34.9 Å². The Labute approximate surface area is 166 Å². The molecule has 0 fully saturated rings. The van der Waals surface area contributed by atoms with Gasteiger partial charge in [0.1, 0.15) is 0 Å². The normalized spacial score (nSPS) is 13.7. The van der Waals surface area contributed by atoms with Crippen LogP contribution in [0.3, 0.4) is 0 Å². The van der Waals surface area contributed by atoms with Gasteiger partial charge in [0.2, 0.25) is 11.5 Å². The molecule has 4 nitrogen and oxygen atoms in total. The lowest BCUT2D eigenvalue weighted by molar-refractivity contribution is -0.393. The maximum atomic E-state index is 13.5. The van der Waals surface area contributed by atoms with Crippen LogP contribution >= 0.6 is 0 Å². The highest BCUT2D eigenvalue weighted by Gasteiger charge is 2.45. The van der Waals surface area contributed by atoms with Gasteiger partial charge in [-0.2, -0.15) is 31.3 Å². The molecule has 3 aromatic rings. The predicted octanol–water partition coefficient (Wildman–Crippen LogP) is 5.48. The molecule has 10 heteroatoms. The molecule has 1 aliphatic rings. The second-order valence-electron chi connectivity index (χ2n) is 6.47. The van der Waals surface area contributed by atoms with Crippen LogP contribution in [0.1, 0.15) is 11.4 Å². The molecule has 152 valence electrons. The van der Waals surface area contributed by atoms with E-state index in [1.165, 1.54) is 9.15 Å². The number of nitrogens with zero attached hydrogens (tertiary/aromatic N) is 4. The Kier molecular flexibility index (Phi) is 4.47. The van der Waals surface area contributed by atoms with Gasteiger partial charge < -0.3 is 0 Å². The van der Waals surface area contributed by atoms with Gasteiger partial charge in [0.15, 0.2) is 12.7 Å². The predicted molar refractivity (Wildman–Crippen MR) is 96.2 cm³/mol. The quantitative estimate of drug-likeness (QED) is 0.405. The van der Waals surface area contributed by atoms with Crippen LogP contribution in [-0.2, 0) is 12.4 Å². The Morgan fingerprint density at radius 3 is 2.00 bits per heavy atom. The summed E-state index contributed by atoms with van der Waals surface area (Å²) in [6.07, 6.45) is -9.34. The lowest BCUT2D eigenvalue weighted by atomic mass is 10.1. The van der Waals surface area contributed by atoms with Gasteiger partial charge in [-0.3, -0.25) is 0 Å². The lowest BCUT2D eigenvalue weighted by Crippen LogP contribution is -2.14. The fraction of sp³-hybridized carbons (Fsp3) is 0.150. The Balaban J connectivity index is 1.92. The van der Waals surface area contributed by atoms with Gasteiger partial charge in [0, 0.05) is 17.7 Å². The molecule has 1 aromatic heterocycles. The third-order valence-corrected chi connectivity index (χ3v) is 4.42. The van der Waals surface area contributed by atoms with Crippen molar-refractivity contribution in [2.75, 3.05) is 7.05 Å². The topological polar surface area (TPSA) is 31.8 Å². The molecule has 0 atom stereocenters.